The van der Waals surface area contributed by atoms with Gasteiger partial charge in [-0.25, -0.2) is 0 Å². The molecular weight excluding hydrogens is 148 g/mol. The fourth-order valence-electron chi connectivity index (χ4n) is 1.58. The van der Waals surface area contributed by atoms with Crippen LogP contribution < -0.4 is 0 Å². The summed E-state index contributed by atoms with van der Waals surface area (Å²) < 4.78 is 0. The van der Waals surface area contributed by atoms with Crippen LogP contribution in [0.5, 0.6) is 0 Å². The van der Waals surface area contributed by atoms with Gasteiger partial charge in [0.15, 0.2) is 5.78 Å². The molecule has 1 nitrogen and oxygen atoms in total. The van der Waals surface area contributed by atoms with Gasteiger partial charge >= 0.3 is 0 Å². The quantitative estimate of drug-likeness (QED) is 0.529. The van der Waals surface area contributed by atoms with Crippen molar-refractivity contribution in [3.63, 3.8) is 0 Å². The molecule has 60 valence electrons. The third-order valence-electron chi connectivity index (χ3n) is 2.30. The Bertz CT molecular complexity index is 350. The summed E-state index contributed by atoms with van der Waals surface area (Å²) in [6.07, 6.45) is 1.49. The Kier molecular flexibility index (Phi) is 1.58. The largest absolute Gasteiger partial charge is 0.294 e. The van der Waals surface area contributed by atoms with E-state index in [2.05, 4.69) is 12.6 Å². The third kappa shape index (κ3) is 0.981. The maximum atomic E-state index is 11.3. The highest BCUT2D eigenvalue weighted by Gasteiger charge is 2.18. The SMILES string of the molecule is C=C1C(=O)CCc2ccccc21. The lowest BCUT2D eigenvalue weighted by molar-refractivity contribution is -0.113. The molecule has 12 heavy (non-hydrogen) atoms. The number of allylic oxidation sites excluding steroid dienone is 1. The van der Waals surface area contributed by atoms with E-state index >= 15 is 0 Å². The Hall–Kier alpha value is -1.37. The van der Waals surface area contributed by atoms with Crippen LogP contribution >= 0.6 is 0 Å². The molecule has 0 fully saturated rings. The number of ketones is 1. The van der Waals surface area contributed by atoms with E-state index in [1.165, 1.54) is 5.56 Å². The van der Waals surface area contributed by atoms with Crippen LogP contribution in [-0.2, 0) is 11.2 Å². The molecule has 0 atom stereocenters. The number of aryl methyl sites for hydroxylation is 1. The maximum absolute atomic E-state index is 11.3. The van der Waals surface area contributed by atoms with Crippen molar-refractivity contribution in [3.05, 3.63) is 42.0 Å². The first kappa shape index (κ1) is 7.29. The van der Waals surface area contributed by atoms with Crippen molar-refractivity contribution < 1.29 is 4.79 Å². The van der Waals surface area contributed by atoms with Gasteiger partial charge in [0.25, 0.3) is 0 Å². The highest BCUT2D eigenvalue weighted by atomic mass is 16.1. The van der Waals surface area contributed by atoms with Gasteiger partial charge in [0.05, 0.1) is 0 Å². The summed E-state index contributed by atoms with van der Waals surface area (Å²) in [5.74, 6) is 0.189. The zero-order valence-electron chi connectivity index (χ0n) is 6.84. The van der Waals surface area contributed by atoms with E-state index < -0.39 is 0 Å². The van der Waals surface area contributed by atoms with E-state index in [0.29, 0.717) is 12.0 Å². The molecule has 0 aliphatic heterocycles. The molecule has 1 aromatic carbocycles. The summed E-state index contributed by atoms with van der Waals surface area (Å²) >= 11 is 0. The molecule has 0 saturated heterocycles. The molecule has 0 N–H and O–H groups in total. The number of hydrogen-bond acceptors (Lipinski definition) is 1. The number of carbonyl (C=O) groups is 1. The van der Waals surface area contributed by atoms with Crippen LogP contribution in [0.15, 0.2) is 30.8 Å². The fraction of sp³-hybridized carbons (Fsp3) is 0.182. The second-order valence-electron chi connectivity index (χ2n) is 3.06. The van der Waals surface area contributed by atoms with E-state index in [1.54, 1.807) is 0 Å². The molecule has 1 aliphatic rings. The third-order valence-corrected chi connectivity index (χ3v) is 2.30. The lowest BCUT2D eigenvalue weighted by atomic mass is 9.87. The lowest BCUT2D eigenvalue weighted by Gasteiger charge is -2.15. The first-order chi connectivity index (χ1) is 5.79. The number of carbonyl (C=O) groups excluding carboxylic acids is 1. The second kappa shape index (κ2) is 2.59. The smallest absolute Gasteiger partial charge is 0.163 e. The molecule has 0 aromatic heterocycles. The molecule has 0 spiro atoms. The fourth-order valence-corrected chi connectivity index (χ4v) is 1.58. The van der Waals surface area contributed by atoms with Crippen molar-refractivity contribution in [2.45, 2.75) is 12.8 Å². The topological polar surface area (TPSA) is 17.1 Å². The minimum Gasteiger partial charge on any atom is -0.294 e. The molecule has 0 heterocycles. The van der Waals surface area contributed by atoms with Crippen molar-refractivity contribution >= 4 is 11.4 Å². The summed E-state index contributed by atoms with van der Waals surface area (Å²) in [7, 11) is 0. The molecule has 0 saturated carbocycles. The molecule has 0 amide bonds. The van der Waals surface area contributed by atoms with Crippen LogP contribution in [-0.4, -0.2) is 5.78 Å². The predicted molar refractivity (Wildman–Crippen MR) is 48.8 cm³/mol. The number of hydrogen-bond donors (Lipinski definition) is 0. The van der Waals surface area contributed by atoms with Gasteiger partial charge in [0.1, 0.15) is 0 Å². The van der Waals surface area contributed by atoms with Crippen LogP contribution in [0.3, 0.4) is 0 Å². The van der Waals surface area contributed by atoms with Crippen LogP contribution in [0.1, 0.15) is 17.5 Å². The van der Waals surface area contributed by atoms with Crippen LogP contribution in [0.4, 0.5) is 0 Å². The van der Waals surface area contributed by atoms with Gasteiger partial charge in [-0.2, -0.15) is 0 Å². The molecule has 1 heteroatoms. The highest BCUT2D eigenvalue weighted by Crippen LogP contribution is 2.26. The summed E-state index contributed by atoms with van der Waals surface area (Å²) in [5, 5.41) is 0. The van der Waals surface area contributed by atoms with Crippen molar-refractivity contribution in [3.8, 4) is 0 Å². The van der Waals surface area contributed by atoms with Gasteiger partial charge in [-0.3, -0.25) is 4.79 Å². The Morgan fingerprint density at radius 2 is 1.92 bits per heavy atom. The van der Waals surface area contributed by atoms with E-state index in [-0.39, 0.29) is 5.78 Å². The Balaban J connectivity index is 2.56. The standard InChI is InChI=1S/C11H10O/c1-8-10-5-3-2-4-9(10)6-7-11(8)12/h2-5H,1,6-7H2. The summed E-state index contributed by atoms with van der Waals surface area (Å²) in [6.45, 7) is 3.79. The normalized spacial score (nSPS) is 16.0. The minimum absolute atomic E-state index is 0.189. The Morgan fingerprint density at radius 1 is 1.17 bits per heavy atom. The molecule has 2 rings (SSSR count). The first-order valence-electron chi connectivity index (χ1n) is 4.09. The van der Waals surface area contributed by atoms with E-state index in [9.17, 15) is 4.79 Å². The number of Topliss-reactive ketones (excluding diaryl/α,β-unsaturated/α-hetero) is 1. The minimum atomic E-state index is 0.189. The zero-order chi connectivity index (χ0) is 8.55. The molecular formula is C11H10O. The van der Waals surface area contributed by atoms with Gasteiger partial charge < -0.3 is 0 Å². The molecule has 0 unspecified atom stereocenters. The monoisotopic (exact) mass is 158 g/mol. The summed E-state index contributed by atoms with van der Waals surface area (Å²) in [5.41, 5.74) is 2.97. The zero-order valence-corrected chi connectivity index (χ0v) is 6.84. The van der Waals surface area contributed by atoms with Crippen molar-refractivity contribution in [2.24, 2.45) is 0 Å². The van der Waals surface area contributed by atoms with Crippen LogP contribution in [0.2, 0.25) is 0 Å². The number of rotatable bonds is 0. The van der Waals surface area contributed by atoms with Crippen LogP contribution in [0, 0.1) is 0 Å². The second-order valence-corrected chi connectivity index (χ2v) is 3.06. The Morgan fingerprint density at radius 3 is 2.75 bits per heavy atom. The van der Waals surface area contributed by atoms with Gasteiger partial charge in [0.2, 0.25) is 0 Å². The molecule has 1 aliphatic carbocycles. The first-order valence-corrected chi connectivity index (χ1v) is 4.09. The van der Waals surface area contributed by atoms with E-state index in [0.717, 1.165) is 12.0 Å². The molecule has 0 radical (unpaired) electrons. The average Bonchev–Trinajstić information content (AvgIpc) is 2.12. The number of fused-ring (bicyclic) bond motifs is 1. The summed E-state index contributed by atoms with van der Waals surface area (Å²) in [6, 6.07) is 7.98. The van der Waals surface area contributed by atoms with Gasteiger partial charge in [-0.15, -0.1) is 0 Å². The van der Waals surface area contributed by atoms with E-state index in [1.807, 2.05) is 18.2 Å². The van der Waals surface area contributed by atoms with Crippen molar-refractivity contribution in [1.29, 1.82) is 0 Å². The lowest BCUT2D eigenvalue weighted by Crippen LogP contribution is -2.10. The summed E-state index contributed by atoms with van der Waals surface area (Å²) in [4.78, 5) is 11.3. The van der Waals surface area contributed by atoms with E-state index in [4.69, 9.17) is 0 Å². The Labute approximate surface area is 71.7 Å². The molecule has 0 bridgehead atoms. The average molecular weight is 158 g/mol. The van der Waals surface area contributed by atoms with Crippen LogP contribution in [0.25, 0.3) is 5.57 Å². The van der Waals surface area contributed by atoms with Gasteiger partial charge in [0, 0.05) is 12.0 Å². The predicted octanol–water partition coefficient (Wildman–Crippen LogP) is 2.22. The molecule has 1 aromatic rings. The van der Waals surface area contributed by atoms with Crippen molar-refractivity contribution in [2.75, 3.05) is 0 Å². The highest BCUT2D eigenvalue weighted by molar-refractivity contribution is 6.21. The van der Waals surface area contributed by atoms with Crippen molar-refractivity contribution in [1.82, 2.24) is 0 Å². The van der Waals surface area contributed by atoms with Gasteiger partial charge in [-0.1, -0.05) is 30.8 Å². The number of benzene rings is 1. The maximum Gasteiger partial charge on any atom is 0.163 e. The van der Waals surface area contributed by atoms with Gasteiger partial charge in [-0.05, 0) is 17.5 Å².